The predicted molar refractivity (Wildman–Crippen MR) is 102 cm³/mol. The lowest BCUT2D eigenvalue weighted by Gasteiger charge is -2.16. The fourth-order valence-electron chi connectivity index (χ4n) is 3.78. The van der Waals surface area contributed by atoms with Crippen molar-refractivity contribution in [3.05, 3.63) is 82.9 Å². The highest BCUT2D eigenvalue weighted by molar-refractivity contribution is 5.99. The Balaban J connectivity index is 1.39. The normalized spacial score (nSPS) is 14.8. The van der Waals surface area contributed by atoms with Gasteiger partial charge in [-0.25, -0.2) is 4.39 Å². The van der Waals surface area contributed by atoms with Crippen molar-refractivity contribution >= 4 is 17.5 Å². The Morgan fingerprint density at radius 1 is 1.07 bits per heavy atom. The number of carbonyl (C=O) groups excluding carboxylic acids is 2. The van der Waals surface area contributed by atoms with E-state index >= 15 is 0 Å². The van der Waals surface area contributed by atoms with E-state index in [1.54, 1.807) is 29.3 Å². The molecule has 3 aromatic rings. The topological polar surface area (TPSA) is 62.3 Å². The summed E-state index contributed by atoms with van der Waals surface area (Å²) in [7, 11) is 0. The molecule has 0 bridgehead atoms. The fourth-order valence-corrected chi connectivity index (χ4v) is 3.78. The largest absolute Gasteiger partial charge is 0.328 e. The van der Waals surface area contributed by atoms with Crippen molar-refractivity contribution in [2.45, 2.75) is 19.5 Å². The van der Waals surface area contributed by atoms with Gasteiger partial charge in [-0.2, -0.15) is 0 Å². The molecule has 2 amide bonds. The number of nitrogens with zero attached hydrogens (tertiary/aromatic N) is 2. The minimum absolute atomic E-state index is 0.0283. The number of hydrogen-bond donors (Lipinski definition) is 1. The molecule has 0 aliphatic carbocycles. The van der Waals surface area contributed by atoms with Crippen LogP contribution in [0.4, 0.5) is 10.1 Å². The maximum absolute atomic E-state index is 14.8. The third kappa shape index (κ3) is 2.74. The van der Waals surface area contributed by atoms with Crippen LogP contribution in [0.1, 0.15) is 27.2 Å². The van der Waals surface area contributed by atoms with Gasteiger partial charge in [0.1, 0.15) is 5.82 Å². The molecule has 5 nitrogen and oxygen atoms in total. The summed E-state index contributed by atoms with van der Waals surface area (Å²) in [5.41, 5.74) is 5.09. The Labute approximate surface area is 160 Å². The predicted octanol–water partition coefficient (Wildman–Crippen LogP) is 3.54. The van der Waals surface area contributed by atoms with Crippen LogP contribution < -0.4 is 5.32 Å². The van der Waals surface area contributed by atoms with Gasteiger partial charge >= 0.3 is 0 Å². The molecule has 0 saturated carbocycles. The van der Waals surface area contributed by atoms with Crippen molar-refractivity contribution in [3.63, 3.8) is 0 Å². The summed E-state index contributed by atoms with van der Waals surface area (Å²) in [5, 5.41) is 2.79. The second kappa shape index (κ2) is 6.27. The molecule has 0 fully saturated rings. The number of carbonyl (C=O) groups is 2. The van der Waals surface area contributed by atoms with Gasteiger partial charge in [-0.1, -0.05) is 18.2 Å². The highest BCUT2D eigenvalue weighted by Gasteiger charge is 2.28. The molecule has 0 atom stereocenters. The van der Waals surface area contributed by atoms with Crippen LogP contribution in [0.25, 0.3) is 11.1 Å². The molecule has 0 saturated heterocycles. The summed E-state index contributed by atoms with van der Waals surface area (Å²) in [4.78, 5) is 29.8. The minimum atomic E-state index is -0.357. The van der Waals surface area contributed by atoms with Gasteiger partial charge in [0.25, 0.3) is 5.91 Å². The molecule has 3 heterocycles. The third-order valence-corrected chi connectivity index (χ3v) is 5.23. The molecular weight excluding hydrogens is 357 g/mol. The zero-order valence-electron chi connectivity index (χ0n) is 14.9. The van der Waals surface area contributed by atoms with Crippen molar-refractivity contribution < 1.29 is 14.0 Å². The first kappa shape index (κ1) is 16.6. The average molecular weight is 373 g/mol. The van der Waals surface area contributed by atoms with E-state index in [0.717, 1.165) is 28.1 Å². The Kier molecular flexibility index (Phi) is 3.72. The van der Waals surface area contributed by atoms with Gasteiger partial charge in [-0.05, 0) is 47.0 Å². The van der Waals surface area contributed by atoms with E-state index in [-0.39, 0.29) is 24.2 Å². The third-order valence-electron chi connectivity index (χ3n) is 5.23. The minimum Gasteiger partial charge on any atom is -0.328 e. The second-order valence-corrected chi connectivity index (χ2v) is 7.06. The monoisotopic (exact) mass is 373 g/mol. The summed E-state index contributed by atoms with van der Waals surface area (Å²) in [5.74, 6) is -0.509. The summed E-state index contributed by atoms with van der Waals surface area (Å²) >= 11 is 0. The second-order valence-electron chi connectivity index (χ2n) is 7.06. The summed E-state index contributed by atoms with van der Waals surface area (Å²) in [6, 6.07) is 14.1. The van der Waals surface area contributed by atoms with E-state index in [4.69, 9.17) is 0 Å². The van der Waals surface area contributed by atoms with Gasteiger partial charge in [0.05, 0.1) is 24.2 Å². The molecule has 2 aliphatic rings. The summed E-state index contributed by atoms with van der Waals surface area (Å²) in [6.45, 7) is 0.589. The number of nitrogens with one attached hydrogen (secondary N) is 1. The molecule has 0 radical (unpaired) electrons. The molecule has 2 aliphatic heterocycles. The number of aromatic nitrogens is 1. The van der Waals surface area contributed by atoms with Gasteiger partial charge in [0.15, 0.2) is 0 Å². The van der Waals surface area contributed by atoms with Gasteiger partial charge < -0.3 is 10.2 Å². The number of hydrogen-bond acceptors (Lipinski definition) is 3. The molecule has 0 spiro atoms. The number of amides is 2. The van der Waals surface area contributed by atoms with Crippen LogP contribution >= 0.6 is 0 Å². The zero-order chi connectivity index (χ0) is 19.3. The first-order valence-electron chi connectivity index (χ1n) is 9.03. The van der Waals surface area contributed by atoms with Crippen LogP contribution in [0.3, 0.4) is 0 Å². The number of rotatable bonds is 3. The first-order valence-corrected chi connectivity index (χ1v) is 9.03. The lowest BCUT2D eigenvalue weighted by molar-refractivity contribution is -0.115. The number of pyridine rings is 1. The molecule has 28 heavy (non-hydrogen) atoms. The molecule has 138 valence electrons. The Bertz CT molecular complexity index is 1140. The van der Waals surface area contributed by atoms with Crippen LogP contribution in [0.5, 0.6) is 0 Å². The highest BCUT2D eigenvalue weighted by Crippen LogP contribution is 2.30. The van der Waals surface area contributed by atoms with E-state index in [1.807, 2.05) is 24.3 Å². The standard InChI is InChI=1S/C22H16FN3O2/c23-18-9-14(13-5-6-19-16(8-13)10-21(27)25-19)3-4-15(18)11-26-12-20-17(22(26)28)2-1-7-24-20/h1-9H,10-12H2,(H,25,27). The Hall–Kier alpha value is -3.54. The zero-order valence-corrected chi connectivity index (χ0v) is 14.9. The van der Waals surface area contributed by atoms with E-state index in [1.165, 1.54) is 6.07 Å². The molecule has 1 N–H and O–H groups in total. The van der Waals surface area contributed by atoms with E-state index in [9.17, 15) is 14.0 Å². The lowest BCUT2D eigenvalue weighted by atomic mass is 10.00. The van der Waals surface area contributed by atoms with Gasteiger partial charge in [-0.15, -0.1) is 0 Å². The van der Waals surface area contributed by atoms with Crippen LogP contribution in [0.15, 0.2) is 54.7 Å². The Morgan fingerprint density at radius 2 is 1.89 bits per heavy atom. The number of benzene rings is 2. The fraction of sp³-hybridized carbons (Fsp3) is 0.136. The lowest BCUT2D eigenvalue weighted by Crippen LogP contribution is -2.23. The van der Waals surface area contributed by atoms with Crippen molar-refractivity contribution in [3.8, 4) is 11.1 Å². The van der Waals surface area contributed by atoms with Gasteiger partial charge in [-0.3, -0.25) is 14.6 Å². The van der Waals surface area contributed by atoms with E-state index in [0.29, 0.717) is 24.1 Å². The van der Waals surface area contributed by atoms with E-state index < -0.39 is 0 Å². The average Bonchev–Trinajstić information content (AvgIpc) is 3.22. The number of halogens is 1. The maximum atomic E-state index is 14.8. The van der Waals surface area contributed by atoms with Gasteiger partial charge in [0.2, 0.25) is 5.91 Å². The molecule has 0 unspecified atom stereocenters. The van der Waals surface area contributed by atoms with Crippen molar-refractivity contribution in [1.29, 1.82) is 0 Å². The number of fused-ring (bicyclic) bond motifs is 2. The molecular formula is C22H16FN3O2. The highest BCUT2D eigenvalue weighted by atomic mass is 19.1. The van der Waals surface area contributed by atoms with Crippen LogP contribution in [0, 0.1) is 5.82 Å². The first-order chi connectivity index (χ1) is 13.6. The summed E-state index contributed by atoms with van der Waals surface area (Å²) in [6.07, 6.45) is 2.00. The molecule has 5 rings (SSSR count). The van der Waals surface area contributed by atoms with Gasteiger partial charge in [0, 0.05) is 24.0 Å². The SMILES string of the molecule is O=C1Cc2cc(-c3ccc(CN4Cc5ncccc5C4=O)c(F)c3)ccc2N1. The summed E-state index contributed by atoms with van der Waals surface area (Å²) < 4.78 is 14.8. The maximum Gasteiger partial charge on any atom is 0.256 e. The van der Waals surface area contributed by atoms with Crippen LogP contribution in [0.2, 0.25) is 0 Å². The Morgan fingerprint density at radius 3 is 2.71 bits per heavy atom. The van der Waals surface area contributed by atoms with E-state index in [2.05, 4.69) is 10.3 Å². The number of anilines is 1. The van der Waals surface area contributed by atoms with Crippen LogP contribution in [-0.2, 0) is 24.3 Å². The van der Waals surface area contributed by atoms with Crippen molar-refractivity contribution in [1.82, 2.24) is 9.88 Å². The molecule has 1 aromatic heterocycles. The molecule has 2 aromatic carbocycles. The quantitative estimate of drug-likeness (QED) is 0.764. The van der Waals surface area contributed by atoms with Crippen molar-refractivity contribution in [2.75, 3.05) is 5.32 Å². The van der Waals surface area contributed by atoms with Crippen molar-refractivity contribution in [2.24, 2.45) is 0 Å². The molecule has 6 heteroatoms. The van der Waals surface area contributed by atoms with Crippen LogP contribution in [-0.4, -0.2) is 21.7 Å². The smallest absolute Gasteiger partial charge is 0.256 e.